The van der Waals surface area contributed by atoms with Crippen LogP contribution in [0.25, 0.3) is 0 Å². The van der Waals surface area contributed by atoms with E-state index in [2.05, 4.69) is 4.98 Å². The number of hydrogen-bond acceptors (Lipinski definition) is 5. The molecule has 1 unspecified atom stereocenters. The first-order chi connectivity index (χ1) is 8.54. The molecule has 1 aromatic rings. The molecule has 2 heterocycles. The van der Waals surface area contributed by atoms with Gasteiger partial charge in [0.25, 0.3) is 0 Å². The number of hydrogen-bond donors (Lipinski definition) is 1. The van der Waals surface area contributed by atoms with E-state index < -0.39 is 0 Å². The number of ether oxygens (including phenoxy) is 1. The predicted molar refractivity (Wildman–Crippen MR) is 67.2 cm³/mol. The van der Waals surface area contributed by atoms with E-state index in [1.165, 1.54) is 0 Å². The third-order valence-corrected chi connectivity index (χ3v) is 2.86. The van der Waals surface area contributed by atoms with E-state index in [-0.39, 0.29) is 18.3 Å². The summed E-state index contributed by atoms with van der Waals surface area (Å²) in [5.74, 6) is 0.754. The summed E-state index contributed by atoms with van der Waals surface area (Å²) in [5.41, 5.74) is 0.0630. The van der Waals surface area contributed by atoms with Crippen LogP contribution < -0.4 is 4.90 Å². The van der Waals surface area contributed by atoms with Crippen molar-refractivity contribution in [3.63, 3.8) is 0 Å². The van der Waals surface area contributed by atoms with Crippen LogP contribution in [-0.2, 0) is 4.74 Å². The Morgan fingerprint density at radius 1 is 1.61 bits per heavy atom. The van der Waals surface area contributed by atoms with Crippen LogP contribution in [0.5, 0.6) is 0 Å². The summed E-state index contributed by atoms with van der Waals surface area (Å²) >= 11 is 0. The molecule has 0 saturated carbocycles. The van der Waals surface area contributed by atoms with Gasteiger partial charge in [-0.05, 0) is 26.0 Å². The van der Waals surface area contributed by atoms with Crippen molar-refractivity contribution in [2.75, 3.05) is 24.6 Å². The Labute approximate surface area is 107 Å². The SMILES string of the molecule is CC1(C)CN(c2cccc(C#N)n2)CC(CO)O1. The molecule has 0 bridgehead atoms. The molecule has 18 heavy (non-hydrogen) atoms. The molecule has 1 fully saturated rings. The van der Waals surface area contributed by atoms with E-state index in [1.54, 1.807) is 6.07 Å². The Bertz CT molecular complexity index is 468. The summed E-state index contributed by atoms with van der Waals surface area (Å²) in [5, 5.41) is 18.1. The zero-order valence-electron chi connectivity index (χ0n) is 10.6. The number of nitrogens with zero attached hydrogens (tertiary/aromatic N) is 3. The average Bonchev–Trinajstić information content (AvgIpc) is 2.37. The van der Waals surface area contributed by atoms with Crippen LogP contribution >= 0.6 is 0 Å². The lowest BCUT2D eigenvalue weighted by atomic mass is 10.1. The Kier molecular flexibility index (Phi) is 3.50. The van der Waals surface area contributed by atoms with Gasteiger partial charge >= 0.3 is 0 Å². The van der Waals surface area contributed by atoms with Gasteiger partial charge in [-0.1, -0.05) is 6.07 Å². The fraction of sp³-hybridized carbons (Fsp3) is 0.538. The summed E-state index contributed by atoms with van der Waals surface area (Å²) in [7, 11) is 0. The van der Waals surface area contributed by atoms with Gasteiger partial charge in [-0.15, -0.1) is 0 Å². The van der Waals surface area contributed by atoms with Gasteiger partial charge in [0.05, 0.1) is 18.3 Å². The molecule has 1 N–H and O–H groups in total. The molecule has 5 nitrogen and oxygen atoms in total. The quantitative estimate of drug-likeness (QED) is 0.842. The largest absolute Gasteiger partial charge is 0.394 e. The highest BCUT2D eigenvalue weighted by Crippen LogP contribution is 2.24. The zero-order chi connectivity index (χ0) is 13.2. The van der Waals surface area contributed by atoms with Gasteiger partial charge in [-0.3, -0.25) is 0 Å². The average molecular weight is 247 g/mol. The monoisotopic (exact) mass is 247 g/mol. The Morgan fingerprint density at radius 3 is 3.06 bits per heavy atom. The Hall–Kier alpha value is -1.64. The number of aliphatic hydroxyl groups is 1. The van der Waals surface area contributed by atoms with Crippen LogP contribution in [0.4, 0.5) is 5.82 Å². The molecule has 96 valence electrons. The predicted octanol–water partition coefficient (Wildman–Crippen LogP) is 0.929. The molecule has 0 aromatic carbocycles. The fourth-order valence-electron chi connectivity index (χ4n) is 2.23. The number of aromatic nitrogens is 1. The molecule has 0 spiro atoms. The smallest absolute Gasteiger partial charge is 0.142 e. The first-order valence-corrected chi connectivity index (χ1v) is 5.95. The third-order valence-electron chi connectivity index (χ3n) is 2.86. The molecule has 1 aromatic heterocycles. The van der Waals surface area contributed by atoms with Crippen molar-refractivity contribution in [3.05, 3.63) is 23.9 Å². The lowest BCUT2D eigenvalue weighted by Gasteiger charge is -2.42. The molecule has 1 aliphatic heterocycles. The van der Waals surface area contributed by atoms with Crippen molar-refractivity contribution in [2.24, 2.45) is 0 Å². The fourth-order valence-corrected chi connectivity index (χ4v) is 2.23. The molecular weight excluding hydrogens is 230 g/mol. The van der Waals surface area contributed by atoms with Gasteiger partial charge in [0.15, 0.2) is 0 Å². The maximum atomic E-state index is 9.26. The maximum absolute atomic E-state index is 9.26. The maximum Gasteiger partial charge on any atom is 0.142 e. The molecule has 0 amide bonds. The van der Waals surface area contributed by atoms with Gasteiger partial charge in [-0.2, -0.15) is 5.26 Å². The highest BCUT2D eigenvalue weighted by Gasteiger charge is 2.33. The number of anilines is 1. The van der Waals surface area contributed by atoms with Gasteiger partial charge in [0.2, 0.25) is 0 Å². The normalized spacial score (nSPS) is 22.6. The number of aliphatic hydroxyl groups excluding tert-OH is 1. The summed E-state index contributed by atoms with van der Waals surface area (Å²) in [6.07, 6.45) is -0.221. The van der Waals surface area contributed by atoms with Gasteiger partial charge in [-0.25, -0.2) is 4.98 Å². The van der Waals surface area contributed by atoms with E-state index in [0.717, 1.165) is 5.82 Å². The van der Waals surface area contributed by atoms with Crippen molar-refractivity contribution in [1.82, 2.24) is 4.98 Å². The number of morpholine rings is 1. The Balaban J connectivity index is 2.23. The topological polar surface area (TPSA) is 69.4 Å². The van der Waals surface area contributed by atoms with E-state index in [1.807, 2.05) is 36.9 Å². The van der Waals surface area contributed by atoms with Crippen LogP contribution in [0, 0.1) is 11.3 Å². The highest BCUT2D eigenvalue weighted by atomic mass is 16.5. The minimum atomic E-state index is -0.337. The summed E-state index contributed by atoms with van der Waals surface area (Å²) in [6.45, 7) is 5.22. The molecule has 1 aliphatic rings. The second kappa shape index (κ2) is 4.92. The molecule has 0 aliphatic carbocycles. The summed E-state index contributed by atoms with van der Waals surface area (Å²) < 4.78 is 5.75. The number of nitriles is 1. The highest BCUT2D eigenvalue weighted by molar-refractivity contribution is 5.42. The summed E-state index contributed by atoms with van der Waals surface area (Å²) in [4.78, 5) is 6.32. The minimum Gasteiger partial charge on any atom is -0.394 e. The van der Waals surface area contributed by atoms with E-state index in [0.29, 0.717) is 18.8 Å². The molecule has 5 heteroatoms. The molecular formula is C13H17N3O2. The van der Waals surface area contributed by atoms with Crippen LogP contribution in [0.15, 0.2) is 18.2 Å². The minimum absolute atomic E-state index is 0.0160. The Morgan fingerprint density at radius 2 is 2.39 bits per heavy atom. The standard InChI is InChI=1S/C13H17N3O2/c1-13(2)9-16(7-11(8-17)18-13)12-5-3-4-10(6-14)15-12/h3-5,11,17H,7-9H2,1-2H3. The second-order valence-corrected chi connectivity index (χ2v) is 5.06. The molecule has 2 rings (SSSR count). The van der Waals surface area contributed by atoms with Crippen molar-refractivity contribution in [3.8, 4) is 6.07 Å². The van der Waals surface area contributed by atoms with Crippen molar-refractivity contribution >= 4 is 5.82 Å². The van der Waals surface area contributed by atoms with Gasteiger partial charge < -0.3 is 14.7 Å². The van der Waals surface area contributed by atoms with E-state index >= 15 is 0 Å². The second-order valence-electron chi connectivity index (χ2n) is 5.06. The molecule has 1 atom stereocenters. The molecule has 0 radical (unpaired) electrons. The third kappa shape index (κ3) is 2.78. The van der Waals surface area contributed by atoms with Crippen LogP contribution in [0.3, 0.4) is 0 Å². The zero-order valence-corrected chi connectivity index (χ0v) is 10.6. The first kappa shape index (κ1) is 12.8. The van der Waals surface area contributed by atoms with Crippen molar-refractivity contribution < 1.29 is 9.84 Å². The van der Waals surface area contributed by atoms with Crippen LogP contribution in [0.1, 0.15) is 19.5 Å². The van der Waals surface area contributed by atoms with E-state index in [9.17, 15) is 5.11 Å². The summed E-state index contributed by atoms with van der Waals surface area (Å²) in [6, 6.07) is 7.40. The van der Waals surface area contributed by atoms with Gasteiger partial charge in [0.1, 0.15) is 17.6 Å². The van der Waals surface area contributed by atoms with Crippen molar-refractivity contribution in [1.29, 1.82) is 5.26 Å². The number of rotatable bonds is 2. The van der Waals surface area contributed by atoms with Crippen LogP contribution in [0.2, 0.25) is 0 Å². The lowest BCUT2D eigenvalue weighted by Crippen LogP contribution is -2.54. The first-order valence-electron chi connectivity index (χ1n) is 5.95. The van der Waals surface area contributed by atoms with E-state index in [4.69, 9.17) is 10.00 Å². The van der Waals surface area contributed by atoms with Crippen molar-refractivity contribution in [2.45, 2.75) is 25.6 Å². The van der Waals surface area contributed by atoms with Crippen LogP contribution in [-0.4, -0.2) is 41.5 Å². The lowest BCUT2D eigenvalue weighted by molar-refractivity contribution is -0.101. The molecule has 1 saturated heterocycles. The van der Waals surface area contributed by atoms with Gasteiger partial charge in [0, 0.05) is 13.1 Å². The number of pyridine rings is 1.